The lowest BCUT2D eigenvalue weighted by Gasteiger charge is -2.43. The lowest BCUT2D eigenvalue weighted by atomic mass is 9.67. The summed E-state index contributed by atoms with van der Waals surface area (Å²) in [5.74, 6) is 3.79. The highest BCUT2D eigenvalue weighted by Gasteiger charge is 2.34. The third-order valence-corrected chi connectivity index (χ3v) is 5.84. The highest BCUT2D eigenvalue weighted by atomic mass is 15.2. The van der Waals surface area contributed by atoms with E-state index in [-0.39, 0.29) is 0 Å². The van der Waals surface area contributed by atoms with Gasteiger partial charge in [-0.2, -0.15) is 0 Å². The predicted octanol–water partition coefficient (Wildman–Crippen LogP) is 2.94. The summed E-state index contributed by atoms with van der Waals surface area (Å²) in [4.78, 5) is 5.16. The van der Waals surface area contributed by atoms with Gasteiger partial charge in [-0.1, -0.05) is 27.2 Å². The van der Waals surface area contributed by atoms with Crippen LogP contribution in [0.15, 0.2) is 0 Å². The SMILES string of the molecule is CCC1CCC(CN2CCN(C)CC2)C(C)C1C. The minimum Gasteiger partial charge on any atom is -0.304 e. The van der Waals surface area contributed by atoms with E-state index in [0.29, 0.717) is 0 Å². The van der Waals surface area contributed by atoms with Crippen molar-refractivity contribution in [3.05, 3.63) is 0 Å². The van der Waals surface area contributed by atoms with E-state index in [1.165, 1.54) is 52.0 Å². The van der Waals surface area contributed by atoms with E-state index < -0.39 is 0 Å². The average molecular weight is 252 g/mol. The normalized spacial score (nSPS) is 40.0. The van der Waals surface area contributed by atoms with Crippen LogP contribution in [0.5, 0.6) is 0 Å². The fraction of sp³-hybridized carbons (Fsp3) is 1.00. The van der Waals surface area contributed by atoms with Gasteiger partial charge in [0.05, 0.1) is 0 Å². The Morgan fingerprint density at radius 3 is 2.06 bits per heavy atom. The Hall–Kier alpha value is -0.0800. The molecule has 0 radical (unpaired) electrons. The molecule has 0 amide bonds. The van der Waals surface area contributed by atoms with Crippen molar-refractivity contribution >= 4 is 0 Å². The lowest BCUT2D eigenvalue weighted by Crippen LogP contribution is -2.48. The maximum atomic E-state index is 2.71. The highest BCUT2D eigenvalue weighted by molar-refractivity contribution is 4.85. The van der Waals surface area contributed by atoms with Gasteiger partial charge in [-0.3, -0.25) is 0 Å². The van der Waals surface area contributed by atoms with Gasteiger partial charge in [-0.15, -0.1) is 0 Å². The van der Waals surface area contributed by atoms with E-state index in [1.807, 2.05) is 0 Å². The second kappa shape index (κ2) is 6.38. The van der Waals surface area contributed by atoms with Crippen LogP contribution in [-0.2, 0) is 0 Å². The molecule has 0 aromatic heterocycles. The Balaban J connectivity index is 1.83. The first-order valence-electron chi connectivity index (χ1n) is 8.02. The van der Waals surface area contributed by atoms with Crippen molar-refractivity contribution < 1.29 is 0 Å². The Morgan fingerprint density at radius 1 is 0.889 bits per heavy atom. The van der Waals surface area contributed by atoms with Gasteiger partial charge in [0, 0.05) is 32.7 Å². The molecule has 2 fully saturated rings. The summed E-state index contributed by atoms with van der Waals surface area (Å²) in [6, 6.07) is 0. The predicted molar refractivity (Wildman–Crippen MR) is 78.8 cm³/mol. The molecule has 0 spiro atoms. The second-order valence-electron chi connectivity index (χ2n) is 6.83. The lowest BCUT2D eigenvalue weighted by molar-refractivity contribution is 0.0620. The van der Waals surface area contributed by atoms with Crippen LogP contribution in [0.4, 0.5) is 0 Å². The van der Waals surface area contributed by atoms with Gasteiger partial charge in [-0.25, -0.2) is 0 Å². The molecule has 1 saturated carbocycles. The third kappa shape index (κ3) is 3.27. The zero-order valence-corrected chi connectivity index (χ0v) is 12.9. The van der Waals surface area contributed by atoms with Crippen LogP contribution in [0.2, 0.25) is 0 Å². The first-order chi connectivity index (χ1) is 8.61. The van der Waals surface area contributed by atoms with Gasteiger partial charge < -0.3 is 9.80 Å². The van der Waals surface area contributed by atoms with Gasteiger partial charge >= 0.3 is 0 Å². The van der Waals surface area contributed by atoms with Crippen LogP contribution < -0.4 is 0 Å². The molecule has 0 aromatic carbocycles. The Morgan fingerprint density at radius 2 is 1.44 bits per heavy atom. The fourth-order valence-corrected chi connectivity index (χ4v) is 4.01. The van der Waals surface area contributed by atoms with Gasteiger partial charge in [0.15, 0.2) is 0 Å². The molecule has 4 atom stereocenters. The van der Waals surface area contributed by atoms with Gasteiger partial charge in [0.1, 0.15) is 0 Å². The number of likely N-dealkylation sites (N-methyl/N-ethyl adjacent to an activating group) is 1. The molecule has 18 heavy (non-hydrogen) atoms. The van der Waals surface area contributed by atoms with Crippen molar-refractivity contribution in [3.8, 4) is 0 Å². The van der Waals surface area contributed by atoms with Gasteiger partial charge in [0.2, 0.25) is 0 Å². The fourth-order valence-electron chi connectivity index (χ4n) is 4.01. The number of rotatable bonds is 3. The van der Waals surface area contributed by atoms with Crippen LogP contribution in [0, 0.1) is 23.7 Å². The Labute approximate surface area is 114 Å². The minimum absolute atomic E-state index is 0.920. The Bertz CT molecular complexity index is 245. The number of hydrogen-bond acceptors (Lipinski definition) is 2. The maximum absolute atomic E-state index is 2.71. The second-order valence-corrected chi connectivity index (χ2v) is 6.83. The van der Waals surface area contributed by atoms with E-state index in [1.54, 1.807) is 0 Å². The maximum Gasteiger partial charge on any atom is 0.0110 e. The molecule has 0 aromatic rings. The van der Waals surface area contributed by atoms with Crippen molar-refractivity contribution in [1.29, 1.82) is 0 Å². The summed E-state index contributed by atoms with van der Waals surface area (Å²) >= 11 is 0. The standard InChI is InChI=1S/C16H32N2/c1-5-15-6-7-16(14(3)13(15)2)12-18-10-8-17(4)9-11-18/h13-16H,5-12H2,1-4H3. The first-order valence-corrected chi connectivity index (χ1v) is 8.02. The monoisotopic (exact) mass is 252 g/mol. The topological polar surface area (TPSA) is 6.48 Å². The molecule has 2 rings (SSSR count). The summed E-state index contributed by atoms with van der Waals surface area (Å²) in [6.07, 6.45) is 4.32. The quantitative estimate of drug-likeness (QED) is 0.762. The van der Waals surface area contributed by atoms with E-state index in [4.69, 9.17) is 0 Å². The van der Waals surface area contributed by atoms with Crippen molar-refractivity contribution in [2.24, 2.45) is 23.7 Å². The molecule has 2 nitrogen and oxygen atoms in total. The van der Waals surface area contributed by atoms with E-state index in [2.05, 4.69) is 37.6 Å². The van der Waals surface area contributed by atoms with Crippen molar-refractivity contribution in [2.45, 2.75) is 40.0 Å². The number of nitrogens with zero attached hydrogens (tertiary/aromatic N) is 2. The molecule has 106 valence electrons. The van der Waals surface area contributed by atoms with Crippen LogP contribution in [0.3, 0.4) is 0 Å². The summed E-state index contributed by atoms with van der Waals surface area (Å²) in [5, 5.41) is 0. The highest BCUT2D eigenvalue weighted by Crippen LogP contribution is 2.40. The Kier molecular flexibility index (Phi) is 5.08. The van der Waals surface area contributed by atoms with Gasteiger partial charge in [-0.05, 0) is 43.6 Å². The smallest absolute Gasteiger partial charge is 0.0110 e. The van der Waals surface area contributed by atoms with Crippen molar-refractivity contribution in [1.82, 2.24) is 9.80 Å². The summed E-state index contributed by atoms with van der Waals surface area (Å²) in [6.45, 7) is 13.8. The minimum atomic E-state index is 0.920. The van der Waals surface area contributed by atoms with Crippen molar-refractivity contribution in [3.63, 3.8) is 0 Å². The average Bonchev–Trinajstić information content (AvgIpc) is 2.38. The summed E-state index contributed by atoms with van der Waals surface area (Å²) < 4.78 is 0. The van der Waals surface area contributed by atoms with Crippen molar-refractivity contribution in [2.75, 3.05) is 39.8 Å². The van der Waals surface area contributed by atoms with Gasteiger partial charge in [0.25, 0.3) is 0 Å². The van der Waals surface area contributed by atoms with Crippen LogP contribution >= 0.6 is 0 Å². The van der Waals surface area contributed by atoms with E-state index in [0.717, 1.165) is 23.7 Å². The molecule has 1 aliphatic heterocycles. The van der Waals surface area contributed by atoms with E-state index in [9.17, 15) is 0 Å². The van der Waals surface area contributed by atoms with Crippen LogP contribution in [0.25, 0.3) is 0 Å². The number of piperazine rings is 1. The molecular weight excluding hydrogens is 220 g/mol. The van der Waals surface area contributed by atoms with E-state index >= 15 is 0 Å². The molecule has 0 N–H and O–H groups in total. The summed E-state index contributed by atoms with van der Waals surface area (Å²) in [7, 11) is 2.24. The number of hydrogen-bond donors (Lipinski definition) is 0. The third-order valence-electron chi connectivity index (χ3n) is 5.84. The zero-order chi connectivity index (χ0) is 13.1. The molecule has 2 heteroatoms. The molecule has 1 heterocycles. The molecule has 2 aliphatic rings. The first kappa shape index (κ1) is 14.3. The summed E-state index contributed by atoms with van der Waals surface area (Å²) in [5.41, 5.74) is 0. The largest absolute Gasteiger partial charge is 0.304 e. The van der Waals surface area contributed by atoms with Crippen LogP contribution in [0.1, 0.15) is 40.0 Å². The molecule has 1 aliphatic carbocycles. The molecule has 4 unspecified atom stereocenters. The molecule has 1 saturated heterocycles. The zero-order valence-electron chi connectivity index (χ0n) is 12.9. The van der Waals surface area contributed by atoms with Crippen LogP contribution in [-0.4, -0.2) is 49.6 Å². The molecule has 0 bridgehead atoms. The molecular formula is C16H32N2.